The van der Waals surface area contributed by atoms with Crippen LogP contribution >= 0.6 is 0 Å². The van der Waals surface area contributed by atoms with E-state index in [1.54, 1.807) is 7.11 Å². The summed E-state index contributed by atoms with van der Waals surface area (Å²) < 4.78 is 10.9. The highest BCUT2D eigenvalue weighted by molar-refractivity contribution is 5.97. The second-order valence-electron chi connectivity index (χ2n) is 7.80. The van der Waals surface area contributed by atoms with Gasteiger partial charge in [-0.3, -0.25) is 9.59 Å². The van der Waals surface area contributed by atoms with Crippen LogP contribution < -0.4 is 20.1 Å². The van der Waals surface area contributed by atoms with Crippen molar-refractivity contribution in [1.82, 2.24) is 25.5 Å². The normalized spacial score (nSPS) is 10.6. The summed E-state index contributed by atoms with van der Waals surface area (Å²) in [5, 5.41) is 5.60. The molecule has 1 heterocycles. The number of hydrogen-bond donors (Lipinski definition) is 2. The molecule has 34 heavy (non-hydrogen) atoms. The molecule has 2 aromatic carbocycles. The molecule has 0 radical (unpaired) electrons. The van der Waals surface area contributed by atoms with Gasteiger partial charge in [0.25, 0.3) is 11.8 Å². The second-order valence-corrected chi connectivity index (χ2v) is 7.80. The van der Waals surface area contributed by atoms with Gasteiger partial charge < -0.3 is 25.0 Å². The van der Waals surface area contributed by atoms with E-state index >= 15 is 0 Å². The van der Waals surface area contributed by atoms with Gasteiger partial charge in [-0.05, 0) is 49.5 Å². The minimum atomic E-state index is -0.401. The zero-order chi connectivity index (χ0) is 24.3. The van der Waals surface area contributed by atoms with Crippen molar-refractivity contribution >= 4 is 11.8 Å². The number of carbonyl (C=O) groups excluding carboxylic acids is 2. The number of rotatable bonds is 11. The van der Waals surface area contributed by atoms with Crippen molar-refractivity contribution in [1.29, 1.82) is 0 Å². The van der Waals surface area contributed by atoms with Crippen LogP contribution in [-0.4, -0.2) is 61.0 Å². The number of amides is 2. The number of nitrogens with one attached hydrogen (secondary N) is 2. The van der Waals surface area contributed by atoms with Crippen molar-refractivity contribution < 1.29 is 19.1 Å². The summed E-state index contributed by atoms with van der Waals surface area (Å²) in [4.78, 5) is 35.1. The molecule has 0 spiro atoms. The van der Waals surface area contributed by atoms with Crippen molar-refractivity contribution in [2.45, 2.75) is 13.1 Å². The van der Waals surface area contributed by atoms with Gasteiger partial charge in [0.05, 0.1) is 7.11 Å². The molecule has 0 unspecified atom stereocenters. The SMILES string of the molecule is COc1cccc(CNC(=O)c2cc(C(=O)NCc3cccc(OCCN(C)C)c3)ncn2)c1. The molecule has 0 fully saturated rings. The minimum Gasteiger partial charge on any atom is -0.497 e. The van der Waals surface area contributed by atoms with E-state index in [0.29, 0.717) is 25.4 Å². The number of carbonyl (C=O) groups is 2. The molecule has 2 N–H and O–H groups in total. The molecule has 0 saturated heterocycles. The highest BCUT2D eigenvalue weighted by atomic mass is 16.5. The maximum Gasteiger partial charge on any atom is 0.270 e. The lowest BCUT2D eigenvalue weighted by molar-refractivity contribution is 0.0944. The molecule has 0 saturated carbocycles. The number of likely N-dealkylation sites (N-methyl/N-ethyl adjacent to an activating group) is 1. The second kappa shape index (κ2) is 12.3. The Morgan fingerprint density at radius 3 is 1.97 bits per heavy atom. The lowest BCUT2D eigenvalue weighted by Gasteiger charge is -2.12. The summed E-state index contributed by atoms with van der Waals surface area (Å²) in [6.45, 7) is 1.98. The third kappa shape index (κ3) is 7.56. The quantitative estimate of drug-likeness (QED) is 0.449. The van der Waals surface area contributed by atoms with Gasteiger partial charge in [0.1, 0.15) is 35.8 Å². The Bertz CT molecular complexity index is 1120. The van der Waals surface area contributed by atoms with Crippen molar-refractivity contribution in [2.75, 3.05) is 34.4 Å². The smallest absolute Gasteiger partial charge is 0.270 e. The molecule has 0 atom stereocenters. The van der Waals surface area contributed by atoms with Gasteiger partial charge in [0.2, 0.25) is 0 Å². The number of hydrogen-bond acceptors (Lipinski definition) is 7. The summed E-state index contributed by atoms with van der Waals surface area (Å²) in [7, 11) is 5.55. The Morgan fingerprint density at radius 1 is 0.853 bits per heavy atom. The monoisotopic (exact) mass is 463 g/mol. The summed E-state index contributed by atoms with van der Waals surface area (Å²) >= 11 is 0. The van der Waals surface area contributed by atoms with Crippen LogP contribution in [0.15, 0.2) is 60.9 Å². The van der Waals surface area contributed by atoms with E-state index < -0.39 is 11.8 Å². The van der Waals surface area contributed by atoms with Crippen LogP contribution in [0.3, 0.4) is 0 Å². The number of benzene rings is 2. The van der Waals surface area contributed by atoms with Crippen molar-refractivity contribution in [3.63, 3.8) is 0 Å². The Balaban J connectivity index is 1.54. The molecular weight excluding hydrogens is 434 g/mol. The molecule has 178 valence electrons. The molecule has 3 rings (SSSR count). The minimum absolute atomic E-state index is 0.110. The van der Waals surface area contributed by atoms with Gasteiger partial charge in [-0.15, -0.1) is 0 Å². The zero-order valence-electron chi connectivity index (χ0n) is 19.6. The Morgan fingerprint density at radius 2 is 1.41 bits per heavy atom. The van der Waals surface area contributed by atoms with Gasteiger partial charge in [-0.25, -0.2) is 9.97 Å². The van der Waals surface area contributed by atoms with Crippen LogP contribution in [0.1, 0.15) is 32.1 Å². The average Bonchev–Trinajstić information content (AvgIpc) is 2.86. The standard InChI is InChI=1S/C25H29N5O4/c1-30(2)10-11-34-21-9-5-7-19(13-21)16-27-25(32)23-14-22(28-17-29-23)24(31)26-15-18-6-4-8-20(12-18)33-3/h4-9,12-14,17H,10-11,15-16H2,1-3H3,(H,26,31)(H,27,32). The first-order valence-electron chi connectivity index (χ1n) is 10.8. The van der Waals surface area contributed by atoms with E-state index in [0.717, 1.165) is 23.4 Å². The molecule has 0 aliphatic rings. The number of aromatic nitrogens is 2. The van der Waals surface area contributed by atoms with Gasteiger partial charge in [-0.1, -0.05) is 24.3 Å². The fourth-order valence-corrected chi connectivity index (χ4v) is 3.03. The maximum atomic E-state index is 12.6. The lowest BCUT2D eigenvalue weighted by Crippen LogP contribution is -2.27. The zero-order valence-corrected chi connectivity index (χ0v) is 19.6. The van der Waals surface area contributed by atoms with E-state index in [1.807, 2.05) is 67.5 Å². The van der Waals surface area contributed by atoms with Crippen molar-refractivity contribution in [3.05, 3.63) is 83.4 Å². The highest BCUT2D eigenvalue weighted by Gasteiger charge is 2.13. The molecule has 9 heteroatoms. The summed E-state index contributed by atoms with van der Waals surface area (Å²) in [6.07, 6.45) is 1.20. The topological polar surface area (TPSA) is 106 Å². The molecule has 1 aromatic heterocycles. The third-order valence-electron chi connectivity index (χ3n) is 4.88. The number of nitrogens with zero attached hydrogens (tertiary/aromatic N) is 3. The summed E-state index contributed by atoms with van der Waals surface area (Å²) in [5.74, 6) is 0.647. The van der Waals surface area contributed by atoms with Gasteiger partial charge in [0.15, 0.2) is 0 Å². The third-order valence-corrected chi connectivity index (χ3v) is 4.88. The predicted octanol–water partition coefficient (Wildman–Crippen LogP) is 2.29. The fraction of sp³-hybridized carbons (Fsp3) is 0.280. The van der Waals surface area contributed by atoms with Gasteiger partial charge in [-0.2, -0.15) is 0 Å². The van der Waals surface area contributed by atoms with E-state index in [4.69, 9.17) is 9.47 Å². The highest BCUT2D eigenvalue weighted by Crippen LogP contribution is 2.14. The Hall–Kier alpha value is -3.98. The maximum absolute atomic E-state index is 12.6. The number of ether oxygens (including phenoxy) is 2. The molecule has 0 bridgehead atoms. The van der Waals surface area contributed by atoms with Gasteiger partial charge >= 0.3 is 0 Å². The van der Waals surface area contributed by atoms with Crippen molar-refractivity contribution in [2.24, 2.45) is 0 Å². The van der Waals surface area contributed by atoms with E-state index in [1.165, 1.54) is 12.4 Å². The van der Waals surface area contributed by atoms with Crippen LogP contribution in [0.5, 0.6) is 11.5 Å². The average molecular weight is 464 g/mol. The number of methoxy groups -OCH3 is 1. The predicted molar refractivity (Wildman–Crippen MR) is 128 cm³/mol. The van der Waals surface area contributed by atoms with Crippen LogP contribution in [-0.2, 0) is 13.1 Å². The lowest BCUT2D eigenvalue weighted by atomic mass is 10.2. The Labute approximate surface area is 199 Å². The summed E-state index contributed by atoms with van der Waals surface area (Å²) in [6, 6.07) is 16.3. The van der Waals surface area contributed by atoms with Crippen molar-refractivity contribution in [3.8, 4) is 11.5 Å². The Kier molecular flexibility index (Phi) is 8.93. The first kappa shape index (κ1) is 24.7. The van der Waals surface area contributed by atoms with Gasteiger partial charge in [0, 0.05) is 25.7 Å². The van der Waals surface area contributed by atoms with Crippen LogP contribution in [0.2, 0.25) is 0 Å². The molecule has 2 amide bonds. The first-order chi connectivity index (χ1) is 16.4. The van der Waals surface area contributed by atoms with Crippen LogP contribution in [0.4, 0.5) is 0 Å². The molecule has 9 nitrogen and oxygen atoms in total. The first-order valence-corrected chi connectivity index (χ1v) is 10.8. The molecule has 3 aromatic rings. The molecule has 0 aliphatic carbocycles. The summed E-state index contributed by atoms with van der Waals surface area (Å²) in [5.41, 5.74) is 1.99. The van der Waals surface area contributed by atoms with Crippen LogP contribution in [0.25, 0.3) is 0 Å². The largest absolute Gasteiger partial charge is 0.497 e. The van der Waals surface area contributed by atoms with E-state index in [2.05, 4.69) is 20.6 Å². The molecular formula is C25H29N5O4. The fourth-order valence-electron chi connectivity index (χ4n) is 3.03. The van der Waals surface area contributed by atoms with E-state index in [-0.39, 0.29) is 11.4 Å². The molecule has 0 aliphatic heterocycles. The van der Waals surface area contributed by atoms with Crippen LogP contribution in [0, 0.1) is 0 Å². The van der Waals surface area contributed by atoms with E-state index in [9.17, 15) is 9.59 Å².